The number of halogens is 4. The Kier molecular flexibility index (Phi) is 11.2. The van der Waals surface area contributed by atoms with E-state index in [9.17, 15) is 23.2 Å². The summed E-state index contributed by atoms with van der Waals surface area (Å²) in [7, 11) is 1.62. The van der Waals surface area contributed by atoms with E-state index in [2.05, 4.69) is 39.4 Å². The molecule has 1 aliphatic rings. The minimum absolute atomic E-state index is 0. The molecule has 0 spiro atoms. The molecule has 2 aromatic carbocycles. The first kappa shape index (κ1) is 32.7. The average molecular weight is 606 g/mol. The first-order chi connectivity index (χ1) is 19.6. The van der Waals surface area contributed by atoms with E-state index in [1.165, 1.54) is 22.0 Å². The number of aliphatic carboxylic acids is 1. The standard InChI is InChI=1S/C29H34F3N7O2.ClH/c1-3-38(11-6-4-5-10-27(40)41)26-16-23-9-7-8-22(23)15-24(26)19-39(28-34-36-37(2)35-28)18-21-12-20(17-33)13-25(14-21)29(30,31)32;/h12-16H,3-11,18-19H2,1-2H3,(H,40,41);1H. The molecule has 0 saturated heterocycles. The number of rotatable bonds is 13. The van der Waals surface area contributed by atoms with Crippen molar-refractivity contribution in [3.63, 3.8) is 0 Å². The molecular formula is C29H35ClF3N7O2. The number of aryl methyl sites for hydroxylation is 3. The van der Waals surface area contributed by atoms with E-state index >= 15 is 0 Å². The molecule has 1 aromatic heterocycles. The van der Waals surface area contributed by atoms with Gasteiger partial charge in [0.1, 0.15) is 0 Å². The number of unbranched alkanes of at least 4 members (excludes halogenated alkanes) is 2. The lowest BCUT2D eigenvalue weighted by molar-refractivity contribution is -0.138. The molecule has 0 fully saturated rings. The summed E-state index contributed by atoms with van der Waals surface area (Å²) in [6, 6.07) is 9.60. The number of hydrogen-bond acceptors (Lipinski definition) is 7. The summed E-state index contributed by atoms with van der Waals surface area (Å²) in [4.78, 5) is 16.2. The number of carboxylic acids is 1. The molecule has 0 unspecified atom stereocenters. The SMILES string of the molecule is CCN(CCCCCC(=O)O)c1cc2c(cc1CN(Cc1cc(C#N)cc(C(F)(F)F)c1)c1nnn(C)n1)CCC2.Cl. The van der Waals surface area contributed by atoms with Gasteiger partial charge in [-0.3, -0.25) is 4.79 Å². The number of nitrogens with zero attached hydrogens (tertiary/aromatic N) is 7. The number of alkyl halides is 3. The van der Waals surface area contributed by atoms with Crippen LogP contribution in [-0.4, -0.2) is 44.4 Å². The van der Waals surface area contributed by atoms with Gasteiger partial charge in [-0.25, -0.2) is 0 Å². The van der Waals surface area contributed by atoms with Gasteiger partial charge in [-0.2, -0.15) is 23.2 Å². The van der Waals surface area contributed by atoms with Crippen molar-refractivity contribution < 1.29 is 23.1 Å². The molecule has 0 bridgehead atoms. The number of nitriles is 1. The van der Waals surface area contributed by atoms with Gasteiger partial charge in [0.15, 0.2) is 0 Å². The van der Waals surface area contributed by atoms with Gasteiger partial charge in [0.05, 0.1) is 24.2 Å². The lowest BCUT2D eigenvalue weighted by Gasteiger charge is -2.29. The van der Waals surface area contributed by atoms with E-state index in [1.807, 2.05) is 6.07 Å². The van der Waals surface area contributed by atoms with Crippen molar-refractivity contribution >= 4 is 30.0 Å². The fourth-order valence-corrected chi connectivity index (χ4v) is 5.32. The molecule has 0 saturated carbocycles. The van der Waals surface area contributed by atoms with Crippen molar-refractivity contribution in [2.45, 2.75) is 71.1 Å². The quantitative estimate of drug-likeness (QED) is 0.247. The van der Waals surface area contributed by atoms with Crippen molar-refractivity contribution in [3.8, 4) is 6.07 Å². The van der Waals surface area contributed by atoms with E-state index in [0.29, 0.717) is 18.5 Å². The predicted octanol–water partition coefficient (Wildman–Crippen LogP) is 5.69. The van der Waals surface area contributed by atoms with Gasteiger partial charge >= 0.3 is 12.1 Å². The predicted molar refractivity (Wildman–Crippen MR) is 155 cm³/mol. The fraction of sp³-hybridized carbons (Fsp3) is 0.483. The molecule has 9 nitrogen and oxygen atoms in total. The Morgan fingerprint density at radius 3 is 2.43 bits per heavy atom. The largest absolute Gasteiger partial charge is 0.481 e. The summed E-state index contributed by atoms with van der Waals surface area (Å²) < 4.78 is 40.8. The zero-order valence-electron chi connectivity index (χ0n) is 23.7. The maximum absolute atomic E-state index is 13.6. The molecule has 42 heavy (non-hydrogen) atoms. The summed E-state index contributed by atoms with van der Waals surface area (Å²) in [5.41, 5.74) is 3.97. The van der Waals surface area contributed by atoms with Crippen LogP contribution in [0.5, 0.6) is 0 Å². The third-order valence-corrected chi connectivity index (χ3v) is 7.30. The van der Waals surface area contributed by atoms with E-state index in [0.717, 1.165) is 68.6 Å². The van der Waals surface area contributed by atoms with E-state index < -0.39 is 17.7 Å². The molecular weight excluding hydrogens is 571 g/mol. The van der Waals surface area contributed by atoms with Gasteiger partial charge in [0.2, 0.25) is 0 Å². The van der Waals surface area contributed by atoms with Crippen molar-refractivity contribution in [1.29, 1.82) is 5.26 Å². The van der Waals surface area contributed by atoms with Crippen molar-refractivity contribution in [2.24, 2.45) is 7.05 Å². The van der Waals surface area contributed by atoms with Gasteiger partial charge in [-0.15, -0.1) is 17.5 Å². The highest BCUT2D eigenvalue weighted by atomic mass is 35.5. The molecule has 1 aliphatic carbocycles. The molecule has 1 N–H and O–H groups in total. The normalized spacial score (nSPS) is 12.4. The molecule has 4 rings (SSSR count). The monoisotopic (exact) mass is 605 g/mol. The van der Waals surface area contributed by atoms with Gasteiger partial charge in [-0.05, 0) is 90.8 Å². The molecule has 226 valence electrons. The number of tetrazole rings is 1. The van der Waals surface area contributed by atoms with Crippen LogP contribution in [0.15, 0.2) is 30.3 Å². The second kappa shape index (κ2) is 14.4. The Balaban J connectivity index is 0.00000484. The van der Waals surface area contributed by atoms with Gasteiger partial charge < -0.3 is 14.9 Å². The minimum Gasteiger partial charge on any atom is -0.481 e. The average Bonchev–Trinajstić information content (AvgIpc) is 3.57. The maximum atomic E-state index is 13.6. The summed E-state index contributed by atoms with van der Waals surface area (Å²) in [5, 5.41) is 30.8. The smallest absolute Gasteiger partial charge is 0.416 e. The molecule has 3 aromatic rings. The van der Waals surface area contributed by atoms with Crippen LogP contribution in [0.3, 0.4) is 0 Å². The molecule has 1 heterocycles. The van der Waals surface area contributed by atoms with Crippen LogP contribution in [0.1, 0.15) is 72.4 Å². The number of benzene rings is 2. The van der Waals surface area contributed by atoms with Crippen LogP contribution >= 0.6 is 12.4 Å². The highest BCUT2D eigenvalue weighted by Crippen LogP contribution is 2.34. The Morgan fingerprint density at radius 1 is 1.07 bits per heavy atom. The Morgan fingerprint density at radius 2 is 1.81 bits per heavy atom. The molecule has 0 radical (unpaired) electrons. The van der Waals surface area contributed by atoms with E-state index in [-0.39, 0.29) is 36.9 Å². The molecule has 0 amide bonds. The highest BCUT2D eigenvalue weighted by Gasteiger charge is 2.31. The Hall–Kier alpha value is -3.85. The summed E-state index contributed by atoms with van der Waals surface area (Å²) in [6.45, 7) is 3.93. The van der Waals surface area contributed by atoms with Crippen LogP contribution in [-0.2, 0) is 43.9 Å². The van der Waals surface area contributed by atoms with Crippen LogP contribution in [0.25, 0.3) is 0 Å². The maximum Gasteiger partial charge on any atom is 0.416 e. The van der Waals surface area contributed by atoms with Gasteiger partial charge in [-0.1, -0.05) is 17.6 Å². The first-order valence-electron chi connectivity index (χ1n) is 13.8. The van der Waals surface area contributed by atoms with Crippen molar-refractivity contribution in [2.75, 3.05) is 22.9 Å². The minimum atomic E-state index is -4.59. The van der Waals surface area contributed by atoms with Crippen LogP contribution in [0.2, 0.25) is 0 Å². The topological polar surface area (TPSA) is 111 Å². The highest BCUT2D eigenvalue weighted by molar-refractivity contribution is 5.85. The summed E-state index contributed by atoms with van der Waals surface area (Å²) in [5.74, 6) is -0.523. The second-order valence-corrected chi connectivity index (χ2v) is 10.4. The van der Waals surface area contributed by atoms with E-state index in [1.54, 1.807) is 11.9 Å². The van der Waals surface area contributed by atoms with Crippen LogP contribution in [0.4, 0.5) is 24.8 Å². The van der Waals surface area contributed by atoms with E-state index in [4.69, 9.17) is 5.11 Å². The Labute approximate surface area is 249 Å². The van der Waals surface area contributed by atoms with Crippen LogP contribution < -0.4 is 9.80 Å². The first-order valence-corrected chi connectivity index (χ1v) is 13.8. The third kappa shape index (κ3) is 8.35. The molecule has 13 heteroatoms. The molecule has 0 atom stereocenters. The second-order valence-electron chi connectivity index (χ2n) is 10.4. The summed E-state index contributed by atoms with van der Waals surface area (Å²) >= 11 is 0. The number of hydrogen-bond donors (Lipinski definition) is 1. The number of anilines is 2. The van der Waals surface area contributed by atoms with Gasteiger partial charge in [0.25, 0.3) is 5.95 Å². The van der Waals surface area contributed by atoms with Crippen molar-refractivity contribution in [3.05, 3.63) is 63.7 Å². The molecule has 0 aliphatic heterocycles. The fourth-order valence-electron chi connectivity index (χ4n) is 5.32. The van der Waals surface area contributed by atoms with Gasteiger partial charge in [0, 0.05) is 38.3 Å². The third-order valence-electron chi connectivity index (χ3n) is 7.30. The van der Waals surface area contributed by atoms with Crippen LogP contribution in [0, 0.1) is 11.3 Å². The lowest BCUT2D eigenvalue weighted by atomic mass is 10.0. The Bertz CT molecular complexity index is 1420. The number of carboxylic acid groups (broad SMARTS) is 1. The zero-order valence-corrected chi connectivity index (χ0v) is 24.5. The lowest BCUT2D eigenvalue weighted by Crippen LogP contribution is -2.29. The number of carbonyl (C=O) groups is 1. The number of aromatic nitrogens is 4. The zero-order chi connectivity index (χ0) is 29.6. The summed E-state index contributed by atoms with van der Waals surface area (Å²) in [6.07, 6.45) is 0.856. The van der Waals surface area contributed by atoms with Crippen molar-refractivity contribution in [1.82, 2.24) is 20.2 Å². The number of fused-ring (bicyclic) bond motifs is 1.